The molecule has 0 saturated carbocycles. The van der Waals surface area contributed by atoms with Crippen LogP contribution in [0.1, 0.15) is 32.4 Å². The molecule has 0 unspecified atom stereocenters. The van der Waals surface area contributed by atoms with E-state index in [1.807, 2.05) is 6.07 Å². The second kappa shape index (κ2) is 7.51. The third-order valence-electron chi connectivity index (χ3n) is 2.75. The van der Waals surface area contributed by atoms with Crippen LogP contribution in [-0.2, 0) is 9.53 Å². The summed E-state index contributed by atoms with van der Waals surface area (Å²) in [6.45, 7) is 5.45. The predicted molar refractivity (Wildman–Crippen MR) is 85.0 cm³/mol. The average Bonchev–Trinajstić information content (AvgIpc) is 2.43. The van der Waals surface area contributed by atoms with E-state index in [-0.39, 0.29) is 12.5 Å². The van der Waals surface area contributed by atoms with Gasteiger partial charge >= 0.3 is 6.09 Å². The molecule has 0 fully saturated rings. The lowest BCUT2D eigenvalue weighted by atomic mass is 10.1. The molecule has 0 heterocycles. The number of nitrogens with zero attached hydrogens (tertiary/aromatic N) is 1. The van der Waals surface area contributed by atoms with Gasteiger partial charge in [0.2, 0.25) is 5.91 Å². The number of alkyl carbamates (subject to hydrolysis) is 1. The minimum absolute atomic E-state index is 0.165. The lowest BCUT2D eigenvalue weighted by Gasteiger charge is -2.26. The molecule has 0 radical (unpaired) electrons. The first-order chi connectivity index (χ1) is 10.2. The van der Waals surface area contributed by atoms with Crippen LogP contribution in [0.3, 0.4) is 0 Å². The van der Waals surface area contributed by atoms with Crippen molar-refractivity contribution in [2.45, 2.75) is 32.4 Å². The Labute approximate surface area is 131 Å². The van der Waals surface area contributed by atoms with E-state index < -0.39 is 17.7 Å². The van der Waals surface area contributed by atoms with Crippen LogP contribution < -0.4 is 5.32 Å². The SMILES string of the molecule is C#CCN(C)C(=O)[C@@H](NC(=O)OC(C)(C)C)c1ccccc1. The normalized spacial score (nSPS) is 12.0. The zero-order valence-electron chi connectivity index (χ0n) is 13.4. The van der Waals surface area contributed by atoms with Gasteiger partial charge in [0, 0.05) is 7.05 Å². The molecular formula is C17H22N2O3. The van der Waals surface area contributed by atoms with E-state index in [1.165, 1.54) is 4.90 Å². The molecule has 0 saturated heterocycles. The molecule has 1 atom stereocenters. The number of amides is 2. The highest BCUT2D eigenvalue weighted by Crippen LogP contribution is 2.16. The summed E-state index contributed by atoms with van der Waals surface area (Å²) < 4.78 is 5.22. The van der Waals surface area contributed by atoms with Crippen molar-refractivity contribution >= 4 is 12.0 Å². The van der Waals surface area contributed by atoms with Crippen LogP contribution in [0.4, 0.5) is 4.79 Å². The number of hydrogen-bond donors (Lipinski definition) is 1. The number of rotatable bonds is 4. The van der Waals surface area contributed by atoms with Crippen LogP contribution in [0.25, 0.3) is 0 Å². The van der Waals surface area contributed by atoms with Crippen LogP contribution in [0.2, 0.25) is 0 Å². The number of hydrogen-bond acceptors (Lipinski definition) is 3. The number of nitrogens with one attached hydrogen (secondary N) is 1. The lowest BCUT2D eigenvalue weighted by Crippen LogP contribution is -2.43. The Morgan fingerprint density at radius 3 is 2.41 bits per heavy atom. The van der Waals surface area contributed by atoms with Gasteiger partial charge in [-0.3, -0.25) is 4.79 Å². The van der Waals surface area contributed by atoms with Crippen molar-refractivity contribution in [3.05, 3.63) is 35.9 Å². The van der Waals surface area contributed by atoms with Gasteiger partial charge < -0.3 is 15.0 Å². The van der Waals surface area contributed by atoms with Crippen LogP contribution in [0.15, 0.2) is 30.3 Å². The van der Waals surface area contributed by atoms with Gasteiger partial charge in [-0.15, -0.1) is 6.42 Å². The van der Waals surface area contributed by atoms with Crippen molar-refractivity contribution < 1.29 is 14.3 Å². The molecule has 118 valence electrons. The first-order valence-electron chi connectivity index (χ1n) is 6.97. The zero-order chi connectivity index (χ0) is 16.8. The molecule has 0 aliphatic heterocycles. The summed E-state index contributed by atoms with van der Waals surface area (Å²) in [5, 5.41) is 2.61. The molecule has 0 bridgehead atoms. The van der Waals surface area contributed by atoms with E-state index in [4.69, 9.17) is 11.2 Å². The Morgan fingerprint density at radius 1 is 1.32 bits per heavy atom. The monoisotopic (exact) mass is 302 g/mol. The van der Waals surface area contributed by atoms with E-state index in [0.29, 0.717) is 5.56 Å². The molecule has 0 aliphatic carbocycles. The van der Waals surface area contributed by atoms with Crippen molar-refractivity contribution in [3.8, 4) is 12.3 Å². The maximum absolute atomic E-state index is 12.5. The van der Waals surface area contributed by atoms with Crippen molar-refractivity contribution in [3.63, 3.8) is 0 Å². The molecule has 1 aromatic rings. The summed E-state index contributed by atoms with van der Waals surface area (Å²) in [4.78, 5) is 25.9. The van der Waals surface area contributed by atoms with Gasteiger partial charge in [-0.25, -0.2) is 4.79 Å². The van der Waals surface area contributed by atoms with Crippen molar-refractivity contribution in [2.24, 2.45) is 0 Å². The molecule has 1 aromatic carbocycles. The van der Waals surface area contributed by atoms with E-state index in [2.05, 4.69) is 11.2 Å². The molecule has 22 heavy (non-hydrogen) atoms. The number of benzene rings is 1. The summed E-state index contributed by atoms with van der Waals surface area (Å²) in [6, 6.07) is 8.13. The molecule has 5 heteroatoms. The van der Waals surface area contributed by atoms with Gasteiger partial charge in [0.25, 0.3) is 0 Å². The Morgan fingerprint density at radius 2 is 1.91 bits per heavy atom. The molecule has 1 rings (SSSR count). The van der Waals surface area contributed by atoms with Crippen molar-refractivity contribution in [2.75, 3.05) is 13.6 Å². The Kier molecular flexibility index (Phi) is 6.00. The van der Waals surface area contributed by atoms with Gasteiger partial charge in [0.05, 0.1) is 6.54 Å². The maximum Gasteiger partial charge on any atom is 0.408 e. The van der Waals surface area contributed by atoms with E-state index in [0.717, 1.165) is 0 Å². The molecule has 0 aliphatic rings. The molecule has 0 aromatic heterocycles. The third-order valence-corrected chi connectivity index (χ3v) is 2.75. The minimum Gasteiger partial charge on any atom is -0.444 e. The first kappa shape index (κ1) is 17.6. The lowest BCUT2D eigenvalue weighted by molar-refractivity contribution is -0.131. The number of carbonyl (C=O) groups excluding carboxylic acids is 2. The number of terminal acetylenes is 1. The zero-order valence-corrected chi connectivity index (χ0v) is 13.4. The van der Waals surface area contributed by atoms with E-state index in [1.54, 1.807) is 52.1 Å². The fraction of sp³-hybridized carbons (Fsp3) is 0.412. The smallest absolute Gasteiger partial charge is 0.408 e. The van der Waals surface area contributed by atoms with Crippen LogP contribution in [0.5, 0.6) is 0 Å². The average molecular weight is 302 g/mol. The summed E-state index contributed by atoms with van der Waals surface area (Å²) in [6.07, 6.45) is 4.59. The van der Waals surface area contributed by atoms with E-state index >= 15 is 0 Å². The maximum atomic E-state index is 12.5. The largest absolute Gasteiger partial charge is 0.444 e. The highest BCUT2D eigenvalue weighted by atomic mass is 16.6. The van der Waals surface area contributed by atoms with Crippen molar-refractivity contribution in [1.82, 2.24) is 10.2 Å². The number of ether oxygens (including phenoxy) is 1. The topological polar surface area (TPSA) is 58.6 Å². The van der Waals surface area contributed by atoms with E-state index in [9.17, 15) is 9.59 Å². The molecular weight excluding hydrogens is 280 g/mol. The Bertz CT molecular complexity index is 556. The summed E-state index contributed by atoms with van der Waals surface area (Å²) >= 11 is 0. The quantitative estimate of drug-likeness (QED) is 0.869. The Balaban J connectivity index is 2.96. The van der Waals surface area contributed by atoms with Gasteiger partial charge in [-0.2, -0.15) is 0 Å². The van der Waals surface area contributed by atoms with Gasteiger partial charge in [0.1, 0.15) is 11.6 Å². The van der Waals surface area contributed by atoms with Gasteiger partial charge in [0.15, 0.2) is 0 Å². The highest BCUT2D eigenvalue weighted by Gasteiger charge is 2.27. The second-order valence-corrected chi connectivity index (χ2v) is 5.89. The van der Waals surface area contributed by atoms with Crippen molar-refractivity contribution in [1.29, 1.82) is 0 Å². The number of carbonyl (C=O) groups is 2. The second-order valence-electron chi connectivity index (χ2n) is 5.89. The third kappa shape index (κ3) is 5.49. The molecule has 2 amide bonds. The summed E-state index contributed by atoms with van der Waals surface area (Å²) in [5.41, 5.74) is 0.0289. The first-order valence-corrected chi connectivity index (χ1v) is 6.97. The summed E-state index contributed by atoms with van der Waals surface area (Å²) in [7, 11) is 1.59. The van der Waals surface area contributed by atoms with Crippen LogP contribution in [0, 0.1) is 12.3 Å². The van der Waals surface area contributed by atoms with Gasteiger partial charge in [-0.1, -0.05) is 36.3 Å². The molecule has 1 N–H and O–H groups in total. The number of likely N-dealkylation sites (N-methyl/N-ethyl adjacent to an activating group) is 1. The Hall–Kier alpha value is -2.48. The highest BCUT2D eigenvalue weighted by molar-refractivity contribution is 5.87. The standard InChI is InChI=1S/C17H22N2O3/c1-6-12-19(5)15(20)14(13-10-8-7-9-11-13)18-16(21)22-17(2,3)4/h1,7-11,14H,12H2,2-5H3,(H,18,21)/t14-/m0/s1. The fourth-order valence-electron chi connectivity index (χ4n) is 1.79. The van der Waals surface area contributed by atoms with Crippen LogP contribution >= 0.6 is 0 Å². The summed E-state index contributed by atoms with van der Waals surface area (Å²) in [5.74, 6) is 2.11. The van der Waals surface area contributed by atoms with Crippen LogP contribution in [-0.4, -0.2) is 36.1 Å². The minimum atomic E-state index is -0.839. The van der Waals surface area contributed by atoms with Gasteiger partial charge in [-0.05, 0) is 26.3 Å². The molecule has 0 spiro atoms. The molecule has 5 nitrogen and oxygen atoms in total. The fourth-order valence-corrected chi connectivity index (χ4v) is 1.79. The predicted octanol–water partition coefficient (Wildman–Crippen LogP) is 2.34.